The van der Waals surface area contributed by atoms with Crippen LogP contribution in [-0.4, -0.2) is 102 Å². The summed E-state index contributed by atoms with van der Waals surface area (Å²) in [6.07, 6.45) is 10.3. The van der Waals surface area contributed by atoms with Crippen LogP contribution < -0.4 is 21.3 Å². The van der Waals surface area contributed by atoms with Crippen LogP contribution in [0.5, 0.6) is 0 Å². The molecule has 282 valence electrons. The number of unbranched alkanes of at least 4 members (excludes halogenated alkanes) is 1. The lowest BCUT2D eigenvalue weighted by atomic mass is 9.83. The fourth-order valence-corrected chi connectivity index (χ4v) is 7.10. The quantitative estimate of drug-likeness (QED) is 0.150. The third-order valence-corrected chi connectivity index (χ3v) is 10.3. The first-order valence-electron chi connectivity index (χ1n) is 18.7. The smallest absolute Gasteiger partial charge is 0.315 e. The van der Waals surface area contributed by atoms with Gasteiger partial charge in [0.2, 0.25) is 23.5 Å². The summed E-state index contributed by atoms with van der Waals surface area (Å²) < 4.78 is 5.68. The summed E-state index contributed by atoms with van der Waals surface area (Å²) in [4.78, 5) is 83.7. The minimum atomic E-state index is -1.02. The molecule has 2 heterocycles. The van der Waals surface area contributed by atoms with Crippen molar-refractivity contribution in [2.45, 2.75) is 136 Å². The number of hydrogen-bond acceptors (Lipinski definition) is 7. The van der Waals surface area contributed by atoms with Crippen molar-refractivity contribution in [3.63, 3.8) is 0 Å². The number of ketones is 1. The van der Waals surface area contributed by atoms with Crippen molar-refractivity contribution in [1.29, 1.82) is 0 Å². The molecule has 0 aromatic heterocycles. The van der Waals surface area contributed by atoms with E-state index < -0.39 is 53.2 Å². The van der Waals surface area contributed by atoms with E-state index in [-0.39, 0.29) is 43.5 Å². The highest BCUT2D eigenvalue weighted by Gasteiger charge is 2.45. The highest BCUT2D eigenvalue weighted by Crippen LogP contribution is 2.31. The first-order valence-corrected chi connectivity index (χ1v) is 18.7. The van der Waals surface area contributed by atoms with E-state index in [1.807, 2.05) is 34.6 Å². The Hall–Kier alpha value is -3.48. The molecule has 0 spiro atoms. The highest BCUT2D eigenvalue weighted by atomic mass is 16.5. The summed E-state index contributed by atoms with van der Waals surface area (Å²) in [6, 6.07) is -3.66. The van der Waals surface area contributed by atoms with E-state index in [1.165, 1.54) is 6.08 Å². The minimum Gasteiger partial charge on any atom is -0.361 e. The first-order chi connectivity index (χ1) is 23.8. The molecule has 1 unspecified atom stereocenters. The Morgan fingerprint density at radius 1 is 1.00 bits per heavy atom. The second-order valence-electron chi connectivity index (χ2n) is 15.3. The molecular formula is C37H62N6O7. The molecule has 0 bridgehead atoms. The lowest BCUT2D eigenvalue weighted by Crippen LogP contribution is -2.61. The van der Waals surface area contributed by atoms with Crippen molar-refractivity contribution in [2.75, 3.05) is 33.0 Å². The summed E-state index contributed by atoms with van der Waals surface area (Å²) in [5.41, 5.74) is -0.410. The SMILES string of the molecule is C=CCNC(=O)C(=O)C(CCCC)NC(=O)[C@@H]1[C@@H](C)CCN1C(=O)[C@@H](NC(=O)N[C@H](CN1COCCCCC1=O)C(C)(C)C)C1CCCCC1. The predicted molar refractivity (Wildman–Crippen MR) is 191 cm³/mol. The number of urea groups is 1. The van der Waals surface area contributed by atoms with Crippen molar-refractivity contribution in [3.05, 3.63) is 12.7 Å². The molecule has 1 aliphatic carbocycles. The van der Waals surface area contributed by atoms with Gasteiger partial charge in [0, 0.05) is 32.7 Å². The van der Waals surface area contributed by atoms with Crippen molar-refractivity contribution in [2.24, 2.45) is 17.3 Å². The average molecular weight is 703 g/mol. The number of carbonyl (C=O) groups is 6. The zero-order valence-electron chi connectivity index (χ0n) is 31.0. The Labute approximate surface area is 298 Å². The molecule has 1 saturated carbocycles. The van der Waals surface area contributed by atoms with Crippen LogP contribution in [0, 0.1) is 17.3 Å². The van der Waals surface area contributed by atoms with Crippen molar-refractivity contribution < 1.29 is 33.5 Å². The molecule has 50 heavy (non-hydrogen) atoms. The maximum atomic E-state index is 14.5. The number of carbonyl (C=O) groups excluding carboxylic acids is 6. The van der Waals surface area contributed by atoms with Gasteiger partial charge in [-0.15, -0.1) is 6.58 Å². The average Bonchev–Trinajstić information content (AvgIpc) is 3.47. The summed E-state index contributed by atoms with van der Waals surface area (Å²) in [6.45, 7) is 14.9. The van der Waals surface area contributed by atoms with E-state index >= 15 is 0 Å². The molecule has 0 radical (unpaired) electrons. The number of hydrogen-bond donors (Lipinski definition) is 4. The number of nitrogens with zero attached hydrogens (tertiary/aromatic N) is 2. The summed E-state index contributed by atoms with van der Waals surface area (Å²) in [5.74, 6) is -2.63. The molecule has 0 aromatic rings. The van der Waals surface area contributed by atoms with Gasteiger partial charge in [-0.25, -0.2) is 4.79 Å². The molecule has 2 saturated heterocycles. The molecule has 2 aliphatic heterocycles. The normalized spacial score (nSPS) is 22.4. The Kier molecular flexibility index (Phi) is 16.2. The van der Waals surface area contributed by atoms with Gasteiger partial charge < -0.3 is 35.8 Å². The third-order valence-electron chi connectivity index (χ3n) is 10.3. The van der Waals surface area contributed by atoms with Crippen LogP contribution >= 0.6 is 0 Å². The summed E-state index contributed by atoms with van der Waals surface area (Å²) >= 11 is 0. The molecule has 13 heteroatoms. The Morgan fingerprint density at radius 3 is 2.38 bits per heavy atom. The Bertz CT molecular complexity index is 1200. The largest absolute Gasteiger partial charge is 0.361 e. The second kappa shape index (κ2) is 19.8. The van der Waals surface area contributed by atoms with Gasteiger partial charge >= 0.3 is 6.03 Å². The van der Waals surface area contributed by atoms with Crippen molar-refractivity contribution in [3.8, 4) is 0 Å². The minimum absolute atomic E-state index is 0.0140. The number of amides is 6. The standard InChI is InChI=1S/C37H62N6O7/c1-7-9-17-27(32(45)34(47)38-20-8-2)39-33(46)31-25(3)19-21-43(31)35(48)30(26-15-11-10-12-16-26)41-36(49)40-28(37(4,5)6)23-42-24-50-22-14-13-18-29(42)44/h8,25-28,30-31H,2,7,9-24H2,1,3-6H3,(H,38,47)(H,39,46)(H2,40,41,49)/t25-,27?,28+,30-,31-/m0/s1. The number of rotatable bonds is 15. The van der Waals surface area contributed by atoms with Gasteiger partial charge in [0.1, 0.15) is 18.8 Å². The van der Waals surface area contributed by atoms with Gasteiger partial charge in [0.15, 0.2) is 0 Å². The van der Waals surface area contributed by atoms with Gasteiger partial charge in [0.25, 0.3) is 5.91 Å². The van der Waals surface area contributed by atoms with Gasteiger partial charge in [-0.3, -0.25) is 24.0 Å². The van der Waals surface area contributed by atoms with Crippen LogP contribution in [-0.2, 0) is 28.7 Å². The highest BCUT2D eigenvalue weighted by molar-refractivity contribution is 6.38. The molecule has 3 rings (SSSR count). The lowest BCUT2D eigenvalue weighted by molar-refractivity contribution is -0.144. The fraction of sp³-hybridized carbons (Fsp3) is 0.784. The van der Waals surface area contributed by atoms with E-state index in [2.05, 4.69) is 27.8 Å². The zero-order chi connectivity index (χ0) is 36.8. The van der Waals surface area contributed by atoms with Gasteiger partial charge in [-0.2, -0.15) is 0 Å². The van der Waals surface area contributed by atoms with E-state index in [0.29, 0.717) is 38.8 Å². The molecular weight excluding hydrogens is 640 g/mol. The second-order valence-corrected chi connectivity index (χ2v) is 15.3. The topological polar surface area (TPSA) is 166 Å². The molecule has 0 aromatic carbocycles. The van der Waals surface area contributed by atoms with Crippen molar-refractivity contribution in [1.82, 2.24) is 31.1 Å². The van der Waals surface area contributed by atoms with Gasteiger partial charge in [-0.1, -0.05) is 72.8 Å². The molecule has 6 amide bonds. The molecule has 3 aliphatic rings. The van der Waals surface area contributed by atoms with Crippen LogP contribution in [0.2, 0.25) is 0 Å². The maximum Gasteiger partial charge on any atom is 0.315 e. The maximum absolute atomic E-state index is 14.5. The number of likely N-dealkylation sites (tertiary alicyclic amines) is 1. The Morgan fingerprint density at radius 2 is 1.72 bits per heavy atom. The van der Waals surface area contributed by atoms with Crippen LogP contribution in [0.3, 0.4) is 0 Å². The number of ether oxygens (including phenoxy) is 1. The fourth-order valence-electron chi connectivity index (χ4n) is 7.10. The zero-order valence-corrected chi connectivity index (χ0v) is 31.0. The lowest BCUT2D eigenvalue weighted by Gasteiger charge is -2.38. The summed E-state index contributed by atoms with van der Waals surface area (Å²) in [7, 11) is 0. The van der Waals surface area contributed by atoms with Crippen LogP contribution in [0.15, 0.2) is 12.7 Å². The first kappa shape index (κ1) is 40.9. The van der Waals surface area contributed by atoms with Crippen LogP contribution in [0.4, 0.5) is 4.79 Å². The Balaban J connectivity index is 1.80. The third kappa shape index (κ3) is 11.8. The summed E-state index contributed by atoms with van der Waals surface area (Å²) in [5, 5.41) is 11.4. The number of Topliss-reactive ketones (excluding diaryl/α,β-unsaturated/α-hetero) is 1. The molecule has 3 fully saturated rings. The van der Waals surface area contributed by atoms with Crippen LogP contribution in [0.25, 0.3) is 0 Å². The van der Waals surface area contributed by atoms with Gasteiger partial charge in [0.05, 0.1) is 12.1 Å². The van der Waals surface area contributed by atoms with E-state index in [1.54, 1.807) is 9.80 Å². The van der Waals surface area contributed by atoms with E-state index in [0.717, 1.165) is 51.4 Å². The van der Waals surface area contributed by atoms with Crippen molar-refractivity contribution >= 4 is 35.4 Å². The molecule has 5 atom stereocenters. The molecule has 4 N–H and O–H groups in total. The monoisotopic (exact) mass is 702 g/mol. The predicted octanol–water partition coefficient (Wildman–Crippen LogP) is 3.42. The van der Waals surface area contributed by atoms with Gasteiger partial charge in [-0.05, 0) is 55.8 Å². The molecule has 13 nitrogen and oxygen atoms in total. The number of nitrogens with one attached hydrogen (secondary N) is 4. The van der Waals surface area contributed by atoms with Crippen LogP contribution in [0.1, 0.15) is 112 Å². The van der Waals surface area contributed by atoms with E-state index in [4.69, 9.17) is 4.74 Å². The van der Waals surface area contributed by atoms with E-state index in [9.17, 15) is 28.8 Å².